The molecule has 5 nitrogen and oxygen atoms in total. The Morgan fingerprint density at radius 3 is 2.91 bits per heavy atom. The van der Waals surface area contributed by atoms with Crippen LogP contribution < -0.4 is 10.2 Å². The van der Waals surface area contributed by atoms with E-state index in [1.165, 1.54) is 0 Å². The summed E-state index contributed by atoms with van der Waals surface area (Å²) < 4.78 is 5.52. The van der Waals surface area contributed by atoms with Gasteiger partial charge in [0.25, 0.3) is 5.91 Å². The molecule has 1 aromatic rings. The van der Waals surface area contributed by atoms with Gasteiger partial charge in [0.15, 0.2) is 0 Å². The molecule has 2 amide bonds. The van der Waals surface area contributed by atoms with Crippen LogP contribution in [0.2, 0.25) is 0 Å². The number of hydrogen-bond donors (Lipinski definition) is 1. The lowest BCUT2D eigenvalue weighted by molar-refractivity contribution is -0.127. The summed E-state index contributed by atoms with van der Waals surface area (Å²) >= 11 is 0. The van der Waals surface area contributed by atoms with Crippen molar-refractivity contribution in [2.24, 2.45) is 5.92 Å². The number of amides is 2. The minimum absolute atomic E-state index is 0.00921. The van der Waals surface area contributed by atoms with Gasteiger partial charge in [0.1, 0.15) is 6.10 Å². The SMILES string of the molecule is CC(C)CC(=O)Nc1ccc2c(c1)N(C(=O)C1CCCO1)CC2. The first kappa shape index (κ1) is 16.0. The first-order chi connectivity index (χ1) is 11.0. The molecule has 2 heterocycles. The summed E-state index contributed by atoms with van der Waals surface area (Å²) in [5.41, 5.74) is 2.81. The van der Waals surface area contributed by atoms with Crippen molar-refractivity contribution in [3.8, 4) is 0 Å². The van der Waals surface area contributed by atoms with Crippen molar-refractivity contribution in [2.45, 2.75) is 45.6 Å². The molecule has 2 aliphatic rings. The molecule has 0 radical (unpaired) electrons. The van der Waals surface area contributed by atoms with Crippen LogP contribution in [0.5, 0.6) is 0 Å². The third-order valence-corrected chi connectivity index (χ3v) is 4.33. The van der Waals surface area contributed by atoms with Crippen LogP contribution in [0.3, 0.4) is 0 Å². The van der Waals surface area contributed by atoms with Crippen LogP contribution in [0.1, 0.15) is 38.7 Å². The number of nitrogens with zero attached hydrogens (tertiary/aromatic N) is 1. The van der Waals surface area contributed by atoms with Gasteiger partial charge in [0, 0.05) is 30.9 Å². The van der Waals surface area contributed by atoms with Gasteiger partial charge in [-0.05, 0) is 42.9 Å². The van der Waals surface area contributed by atoms with Crippen molar-refractivity contribution in [3.63, 3.8) is 0 Å². The predicted molar refractivity (Wildman–Crippen MR) is 89.6 cm³/mol. The zero-order chi connectivity index (χ0) is 16.4. The maximum atomic E-state index is 12.6. The van der Waals surface area contributed by atoms with E-state index >= 15 is 0 Å². The van der Waals surface area contributed by atoms with Gasteiger partial charge < -0.3 is 15.0 Å². The molecule has 1 saturated heterocycles. The number of hydrogen-bond acceptors (Lipinski definition) is 3. The average Bonchev–Trinajstić information content (AvgIpc) is 3.15. The van der Waals surface area contributed by atoms with Gasteiger partial charge in [-0.2, -0.15) is 0 Å². The van der Waals surface area contributed by atoms with Crippen LogP contribution in [0.25, 0.3) is 0 Å². The van der Waals surface area contributed by atoms with Gasteiger partial charge in [-0.1, -0.05) is 19.9 Å². The highest BCUT2D eigenvalue weighted by Gasteiger charge is 2.32. The second-order valence-electron chi connectivity index (χ2n) is 6.73. The largest absolute Gasteiger partial charge is 0.368 e. The quantitative estimate of drug-likeness (QED) is 0.929. The molecule has 1 aromatic carbocycles. The van der Waals surface area contributed by atoms with Crippen LogP contribution in [0, 0.1) is 5.92 Å². The maximum absolute atomic E-state index is 12.6. The Morgan fingerprint density at radius 2 is 2.22 bits per heavy atom. The number of ether oxygens (including phenoxy) is 1. The summed E-state index contributed by atoms with van der Waals surface area (Å²) in [6, 6.07) is 5.83. The number of fused-ring (bicyclic) bond motifs is 1. The maximum Gasteiger partial charge on any atom is 0.256 e. The molecule has 3 rings (SSSR count). The van der Waals surface area contributed by atoms with E-state index in [1.807, 2.05) is 36.9 Å². The van der Waals surface area contributed by atoms with Gasteiger partial charge in [-0.15, -0.1) is 0 Å². The minimum Gasteiger partial charge on any atom is -0.368 e. The third-order valence-electron chi connectivity index (χ3n) is 4.33. The summed E-state index contributed by atoms with van der Waals surface area (Å²) in [6.07, 6.45) is 2.79. The second kappa shape index (κ2) is 6.71. The van der Waals surface area contributed by atoms with Crippen molar-refractivity contribution in [1.82, 2.24) is 0 Å². The zero-order valence-corrected chi connectivity index (χ0v) is 13.8. The molecule has 0 aliphatic carbocycles. The van der Waals surface area contributed by atoms with Gasteiger partial charge in [0.05, 0.1) is 0 Å². The Kier molecular flexibility index (Phi) is 4.66. The van der Waals surface area contributed by atoms with E-state index in [0.717, 1.165) is 36.2 Å². The molecule has 1 fully saturated rings. The normalized spacial score (nSPS) is 20.0. The predicted octanol–water partition coefficient (Wildman–Crippen LogP) is 2.74. The Balaban J connectivity index is 1.74. The number of carbonyl (C=O) groups excluding carboxylic acids is 2. The third kappa shape index (κ3) is 3.55. The molecule has 5 heteroatoms. The topological polar surface area (TPSA) is 58.6 Å². The molecular weight excluding hydrogens is 292 g/mol. The van der Waals surface area contributed by atoms with Crippen LogP contribution >= 0.6 is 0 Å². The number of carbonyl (C=O) groups is 2. The van der Waals surface area contributed by atoms with E-state index in [9.17, 15) is 9.59 Å². The monoisotopic (exact) mass is 316 g/mol. The van der Waals surface area contributed by atoms with Crippen LogP contribution in [0.15, 0.2) is 18.2 Å². The van der Waals surface area contributed by atoms with Gasteiger partial charge in [-0.3, -0.25) is 9.59 Å². The van der Waals surface area contributed by atoms with Crippen LogP contribution in [-0.2, 0) is 20.7 Å². The first-order valence-corrected chi connectivity index (χ1v) is 8.40. The highest BCUT2D eigenvalue weighted by Crippen LogP contribution is 2.32. The summed E-state index contributed by atoms with van der Waals surface area (Å²) in [6.45, 7) is 5.40. The first-order valence-electron chi connectivity index (χ1n) is 8.40. The molecule has 1 atom stereocenters. The smallest absolute Gasteiger partial charge is 0.256 e. The zero-order valence-electron chi connectivity index (χ0n) is 13.8. The lowest BCUT2D eigenvalue weighted by atomic mass is 10.1. The molecule has 2 aliphatic heterocycles. The fourth-order valence-corrected chi connectivity index (χ4v) is 3.21. The summed E-state index contributed by atoms with van der Waals surface area (Å²) in [5.74, 6) is 0.379. The Hall–Kier alpha value is -1.88. The highest BCUT2D eigenvalue weighted by atomic mass is 16.5. The van der Waals surface area contributed by atoms with E-state index in [-0.39, 0.29) is 17.9 Å². The number of anilines is 2. The van der Waals surface area contributed by atoms with Gasteiger partial charge in [-0.25, -0.2) is 0 Å². The number of nitrogens with one attached hydrogen (secondary N) is 1. The van der Waals surface area contributed by atoms with E-state index in [1.54, 1.807) is 0 Å². The highest BCUT2D eigenvalue weighted by molar-refractivity contribution is 6.00. The molecule has 1 unspecified atom stereocenters. The minimum atomic E-state index is -0.305. The molecule has 0 aromatic heterocycles. The van der Waals surface area contributed by atoms with Crippen molar-refractivity contribution < 1.29 is 14.3 Å². The van der Waals surface area contributed by atoms with Crippen molar-refractivity contribution in [3.05, 3.63) is 23.8 Å². The fraction of sp³-hybridized carbons (Fsp3) is 0.556. The second-order valence-corrected chi connectivity index (χ2v) is 6.73. The molecular formula is C18H24N2O3. The average molecular weight is 316 g/mol. The standard InChI is InChI=1S/C18H24N2O3/c1-12(2)10-17(21)19-14-6-5-13-7-8-20(15(13)11-14)18(22)16-4-3-9-23-16/h5-6,11-12,16H,3-4,7-10H2,1-2H3,(H,19,21). The molecule has 124 valence electrons. The summed E-state index contributed by atoms with van der Waals surface area (Å²) in [5, 5.41) is 2.92. The molecule has 0 spiro atoms. The van der Waals surface area contributed by atoms with Gasteiger partial charge >= 0.3 is 0 Å². The number of rotatable bonds is 4. The Morgan fingerprint density at radius 1 is 1.39 bits per heavy atom. The van der Waals surface area contributed by atoms with Gasteiger partial charge in [0.2, 0.25) is 5.91 Å². The van der Waals surface area contributed by atoms with E-state index < -0.39 is 0 Å². The summed E-state index contributed by atoms with van der Waals surface area (Å²) in [7, 11) is 0. The van der Waals surface area contributed by atoms with E-state index in [2.05, 4.69) is 5.32 Å². The molecule has 1 N–H and O–H groups in total. The lowest BCUT2D eigenvalue weighted by Crippen LogP contribution is -2.37. The Bertz CT molecular complexity index is 606. The van der Waals surface area contributed by atoms with E-state index in [0.29, 0.717) is 25.5 Å². The van der Waals surface area contributed by atoms with E-state index in [4.69, 9.17) is 4.74 Å². The lowest BCUT2D eigenvalue weighted by Gasteiger charge is -2.21. The van der Waals surface area contributed by atoms with Crippen LogP contribution in [0.4, 0.5) is 11.4 Å². The van der Waals surface area contributed by atoms with Crippen molar-refractivity contribution in [2.75, 3.05) is 23.4 Å². The van der Waals surface area contributed by atoms with Crippen molar-refractivity contribution in [1.29, 1.82) is 0 Å². The van der Waals surface area contributed by atoms with Crippen molar-refractivity contribution >= 4 is 23.2 Å². The van der Waals surface area contributed by atoms with Crippen LogP contribution in [-0.4, -0.2) is 31.1 Å². The summed E-state index contributed by atoms with van der Waals surface area (Å²) in [4.78, 5) is 26.3. The number of benzene rings is 1. The fourth-order valence-electron chi connectivity index (χ4n) is 3.21. The molecule has 23 heavy (non-hydrogen) atoms. The Labute approximate surface area is 137 Å². The molecule has 0 saturated carbocycles. The molecule has 0 bridgehead atoms.